The number of rotatable bonds is 7. The van der Waals surface area contributed by atoms with E-state index in [1.807, 2.05) is 24.4 Å². The second-order valence-corrected chi connectivity index (χ2v) is 7.10. The van der Waals surface area contributed by atoms with Crippen LogP contribution in [0.2, 0.25) is 0 Å². The van der Waals surface area contributed by atoms with E-state index in [-0.39, 0.29) is 0 Å². The van der Waals surface area contributed by atoms with Crippen LogP contribution in [-0.2, 0) is 13.0 Å². The summed E-state index contributed by atoms with van der Waals surface area (Å²) in [6.45, 7) is 10.5. The molecule has 4 nitrogen and oxygen atoms in total. The van der Waals surface area contributed by atoms with Gasteiger partial charge in [0, 0.05) is 30.0 Å². The van der Waals surface area contributed by atoms with Crippen LogP contribution in [0.25, 0.3) is 0 Å². The van der Waals surface area contributed by atoms with Gasteiger partial charge >= 0.3 is 0 Å². The third-order valence-electron chi connectivity index (χ3n) is 4.07. The molecule has 25 heavy (non-hydrogen) atoms. The minimum absolute atomic E-state index is 0.545. The Morgan fingerprint density at radius 2 is 1.96 bits per heavy atom. The molecule has 2 N–H and O–H groups in total. The third kappa shape index (κ3) is 6.02. The molecular weight excluding hydrogens is 328 g/mol. The summed E-state index contributed by atoms with van der Waals surface area (Å²) in [5.74, 6) is 0.620. The van der Waals surface area contributed by atoms with E-state index in [2.05, 4.69) is 66.3 Å². The molecule has 0 saturated heterocycles. The quantitative estimate of drug-likeness (QED) is 0.450. The van der Waals surface area contributed by atoms with Crippen LogP contribution in [0.15, 0.2) is 41.5 Å². The van der Waals surface area contributed by atoms with E-state index in [1.54, 1.807) is 0 Å². The van der Waals surface area contributed by atoms with Gasteiger partial charge in [-0.3, -0.25) is 5.43 Å². The first-order valence-corrected chi connectivity index (χ1v) is 9.15. The van der Waals surface area contributed by atoms with Crippen molar-refractivity contribution in [2.24, 2.45) is 11.0 Å². The van der Waals surface area contributed by atoms with E-state index in [1.165, 1.54) is 17.0 Å². The molecule has 0 aliphatic carbocycles. The van der Waals surface area contributed by atoms with Crippen molar-refractivity contribution in [2.75, 3.05) is 6.54 Å². The molecule has 1 aromatic heterocycles. The molecule has 0 aliphatic heterocycles. The second-order valence-electron chi connectivity index (χ2n) is 6.69. The van der Waals surface area contributed by atoms with Crippen LogP contribution >= 0.6 is 12.2 Å². The fraction of sp³-hybridized carbons (Fsp3) is 0.400. The number of hydrazone groups is 1. The fourth-order valence-electron chi connectivity index (χ4n) is 2.77. The van der Waals surface area contributed by atoms with Crippen LogP contribution in [0.1, 0.15) is 36.4 Å². The highest BCUT2D eigenvalue weighted by molar-refractivity contribution is 7.80. The Kier molecular flexibility index (Phi) is 7.19. The first kappa shape index (κ1) is 19.2. The lowest BCUT2D eigenvalue weighted by Crippen LogP contribution is -2.33. The molecule has 0 atom stereocenters. The van der Waals surface area contributed by atoms with Gasteiger partial charge in [0.25, 0.3) is 0 Å². The van der Waals surface area contributed by atoms with E-state index >= 15 is 0 Å². The van der Waals surface area contributed by atoms with Gasteiger partial charge in [-0.1, -0.05) is 44.2 Å². The van der Waals surface area contributed by atoms with E-state index in [9.17, 15) is 0 Å². The zero-order chi connectivity index (χ0) is 18.2. The van der Waals surface area contributed by atoms with Gasteiger partial charge in [0.1, 0.15) is 0 Å². The van der Waals surface area contributed by atoms with Gasteiger partial charge in [0.05, 0.1) is 6.21 Å². The molecule has 2 rings (SSSR count). The zero-order valence-corrected chi connectivity index (χ0v) is 16.4. The molecule has 1 aromatic carbocycles. The van der Waals surface area contributed by atoms with Crippen LogP contribution in [-0.4, -0.2) is 22.4 Å². The first-order valence-electron chi connectivity index (χ1n) is 8.75. The van der Waals surface area contributed by atoms with Crippen LogP contribution in [0, 0.1) is 19.8 Å². The Morgan fingerprint density at radius 3 is 2.64 bits per heavy atom. The summed E-state index contributed by atoms with van der Waals surface area (Å²) in [6, 6.07) is 12.5. The molecule has 0 amide bonds. The Morgan fingerprint density at radius 1 is 1.24 bits per heavy atom. The number of thiocarbonyl (C=S) groups is 1. The van der Waals surface area contributed by atoms with Gasteiger partial charge in [-0.2, -0.15) is 5.10 Å². The summed E-state index contributed by atoms with van der Waals surface area (Å²) in [5, 5.41) is 7.99. The topological polar surface area (TPSA) is 41.4 Å². The van der Waals surface area contributed by atoms with Crippen molar-refractivity contribution < 1.29 is 0 Å². The summed E-state index contributed by atoms with van der Waals surface area (Å²) in [5.41, 5.74) is 7.80. The highest BCUT2D eigenvalue weighted by Crippen LogP contribution is 2.15. The number of aromatic nitrogens is 1. The van der Waals surface area contributed by atoms with E-state index in [4.69, 9.17) is 12.2 Å². The highest BCUT2D eigenvalue weighted by atomic mass is 32.1. The van der Waals surface area contributed by atoms with Gasteiger partial charge in [-0.25, -0.2) is 0 Å². The third-order valence-corrected chi connectivity index (χ3v) is 4.31. The van der Waals surface area contributed by atoms with Crippen molar-refractivity contribution >= 4 is 23.5 Å². The Labute approximate surface area is 156 Å². The number of nitrogens with zero attached hydrogens (tertiary/aromatic N) is 2. The number of hydrogen-bond acceptors (Lipinski definition) is 2. The molecule has 134 valence electrons. The lowest BCUT2D eigenvalue weighted by Gasteiger charge is -2.11. The summed E-state index contributed by atoms with van der Waals surface area (Å²) < 4.78 is 2.34. The summed E-state index contributed by atoms with van der Waals surface area (Å²) in [4.78, 5) is 0. The second kappa shape index (κ2) is 9.37. The summed E-state index contributed by atoms with van der Waals surface area (Å²) in [6.07, 6.45) is 2.77. The molecule has 0 fully saturated rings. The molecule has 2 aromatic rings. The average molecular weight is 357 g/mol. The van der Waals surface area contributed by atoms with Gasteiger partial charge in [0.2, 0.25) is 0 Å². The Hall–Kier alpha value is -2.14. The van der Waals surface area contributed by atoms with Gasteiger partial charge < -0.3 is 9.88 Å². The molecule has 0 radical (unpaired) electrons. The first-order chi connectivity index (χ1) is 12.0. The minimum Gasteiger partial charge on any atom is -0.361 e. The maximum Gasteiger partial charge on any atom is 0.186 e. The molecule has 0 spiro atoms. The van der Waals surface area contributed by atoms with Crippen LogP contribution in [0.5, 0.6) is 0 Å². The molecule has 5 heteroatoms. The predicted octanol–water partition coefficient (Wildman–Crippen LogP) is 3.80. The van der Waals surface area contributed by atoms with Crippen molar-refractivity contribution in [1.82, 2.24) is 15.3 Å². The largest absolute Gasteiger partial charge is 0.361 e. The van der Waals surface area contributed by atoms with Crippen molar-refractivity contribution in [1.29, 1.82) is 0 Å². The number of hydrogen-bond donors (Lipinski definition) is 2. The standard InChI is InChI=1S/C20H28N4S/c1-15(2)14-24-16(3)12-19(17(24)4)13-22-23-20(25)21-11-10-18-8-6-5-7-9-18/h5-9,12-13,15H,10-11,14H2,1-4H3,(H2,21,23,25). The SMILES string of the molecule is Cc1cc(C=NNC(=S)NCCc2ccccc2)c(C)n1CC(C)C. The van der Waals surface area contributed by atoms with E-state index < -0.39 is 0 Å². The molecule has 1 heterocycles. The highest BCUT2D eigenvalue weighted by Gasteiger charge is 2.08. The minimum atomic E-state index is 0.545. The molecule has 0 unspecified atom stereocenters. The fourth-order valence-corrected chi connectivity index (χ4v) is 2.92. The van der Waals surface area contributed by atoms with Gasteiger partial charge in [-0.15, -0.1) is 0 Å². The Bertz CT molecular complexity index is 717. The predicted molar refractivity (Wildman–Crippen MR) is 110 cm³/mol. The molecule has 0 saturated carbocycles. The van der Waals surface area contributed by atoms with Crippen LogP contribution in [0.4, 0.5) is 0 Å². The molecule has 0 aliphatic rings. The lowest BCUT2D eigenvalue weighted by molar-refractivity contribution is 0.509. The summed E-state index contributed by atoms with van der Waals surface area (Å²) >= 11 is 5.26. The van der Waals surface area contributed by atoms with E-state index in [0.717, 1.165) is 25.1 Å². The summed E-state index contributed by atoms with van der Waals surface area (Å²) in [7, 11) is 0. The van der Waals surface area contributed by atoms with Crippen molar-refractivity contribution in [3.05, 3.63) is 58.9 Å². The van der Waals surface area contributed by atoms with Crippen LogP contribution < -0.4 is 10.7 Å². The molecule has 0 bridgehead atoms. The van der Waals surface area contributed by atoms with Crippen molar-refractivity contribution in [3.8, 4) is 0 Å². The Balaban J connectivity index is 1.81. The van der Waals surface area contributed by atoms with Gasteiger partial charge in [0.15, 0.2) is 5.11 Å². The average Bonchev–Trinajstić information content (AvgIpc) is 2.83. The van der Waals surface area contributed by atoms with Crippen molar-refractivity contribution in [2.45, 2.75) is 40.7 Å². The maximum absolute atomic E-state index is 5.26. The van der Waals surface area contributed by atoms with Crippen molar-refractivity contribution in [3.63, 3.8) is 0 Å². The normalized spacial score (nSPS) is 11.2. The smallest absolute Gasteiger partial charge is 0.186 e. The molecular formula is C20H28N4S. The van der Waals surface area contributed by atoms with E-state index in [0.29, 0.717) is 11.0 Å². The number of aryl methyl sites for hydroxylation is 1. The zero-order valence-electron chi connectivity index (χ0n) is 15.5. The van der Waals surface area contributed by atoms with Crippen LogP contribution in [0.3, 0.4) is 0 Å². The maximum atomic E-state index is 5.26. The lowest BCUT2D eigenvalue weighted by atomic mass is 10.1. The number of benzene rings is 1. The monoisotopic (exact) mass is 356 g/mol. The van der Waals surface area contributed by atoms with Gasteiger partial charge in [-0.05, 0) is 50.0 Å². The number of nitrogens with one attached hydrogen (secondary N) is 2.